The van der Waals surface area contributed by atoms with E-state index in [1.165, 1.54) is 6.20 Å². The molecule has 0 aromatic carbocycles. The average molecular weight is 262 g/mol. The smallest absolute Gasteiger partial charge is 0.147 e. The van der Waals surface area contributed by atoms with E-state index in [0.717, 1.165) is 5.33 Å². The number of aromatic nitrogens is 1. The number of nitriles is 1. The number of nitrogens with zero attached hydrogens (tertiary/aromatic N) is 2. The van der Waals surface area contributed by atoms with Gasteiger partial charge in [-0.1, -0.05) is 27.5 Å². The molecule has 1 aromatic heterocycles. The predicted octanol–water partition coefficient (Wildman–Crippen LogP) is 2.38. The summed E-state index contributed by atoms with van der Waals surface area (Å²) in [5, 5.41) is 9.57. The molecule has 0 unspecified atom stereocenters. The molecule has 0 aliphatic rings. The lowest BCUT2D eigenvalue weighted by atomic mass is 10.3. The van der Waals surface area contributed by atoms with Crippen LogP contribution in [0.1, 0.15) is 5.56 Å². The Bertz CT molecular complexity index is 337. The van der Waals surface area contributed by atoms with Crippen molar-refractivity contribution < 1.29 is 4.74 Å². The summed E-state index contributed by atoms with van der Waals surface area (Å²) in [6, 6.07) is 3.49. The lowest BCUT2D eigenvalue weighted by Crippen LogP contribution is -1.98. The molecule has 0 saturated carbocycles. The zero-order valence-electron chi connectivity index (χ0n) is 6.63. The van der Waals surface area contributed by atoms with Gasteiger partial charge in [0.2, 0.25) is 0 Å². The molecule has 5 heteroatoms. The van der Waals surface area contributed by atoms with Gasteiger partial charge >= 0.3 is 0 Å². The van der Waals surface area contributed by atoms with Crippen molar-refractivity contribution in [3.05, 3.63) is 23.0 Å². The molecule has 1 aromatic rings. The Morgan fingerprint density at radius 3 is 3.08 bits per heavy atom. The number of hydrogen-bond acceptors (Lipinski definition) is 3. The zero-order valence-corrected chi connectivity index (χ0v) is 8.97. The fourth-order valence-electron chi connectivity index (χ4n) is 0.743. The molecular weight excluding hydrogens is 255 g/mol. The van der Waals surface area contributed by atoms with E-state index in [-0.39, 0.29) is 5.15 Å². The lowest BCUT2D eigenvalue weighted by Gasteiger charge is -2.03. The number of rotatable bonds is 3. The van der Waals surface area contributed by atoms with Gasteiger partial charge < -0.3 is 4.74 Å². The molecule has 1 rings (SSSR count). The van der Waals surface area contributed by atoms with Crippen LogP contribution in [0.25, 0.3) is 0 Å². The molecule has 3 nitrogen and oxygen atoms in total. The third-order valence-corrected chi connectivity index (χ3v) is 1.91. The molecule has 0 aliphatic carbocycles. The van der Waals surface area contributed by atoms with Crippen LogP contribution in [0.5, 0.6) is 5.75 Å². The molecule has 0 radical (unpaired) electrons. The Balaban J connectivity index is 2.82. The summed E-state index contributed by atoms with van der Waals surface area (Å²) < 4.78 is 5.23. The summed E-state index contributed by atoms with van der Waals surface area (Å²) in [4.78, 5) is 3.81. The first-order valence-corrected chi connectivity index (χ1v) is 5.02. The van der Waals surface area contributed by atoms with E-state index in [2.05, 4.69) is 20.9 Å². The van der Waals surface area contributed by atoms with Crippen LogP contribution in [0, 0.1) is 11.3 Å². The summed E-state index contributed by atoms with van der Waals surface area (Å²) in [7, 11) is 0. The lowest BCUT2D eigenvalue weighted by molar-refractivity contribution is 0.343. The van der Waals surface area contributed by atoms with Crippen molar-refractivity contribution in [3.63, 3.8) is 0 Å². The van der Waals surface area contributed by atoms with Crippen LogP contribution >= 0.6 is 27.5 Å². The van der Waals surface area contributed by atoms with Crippen LogP contribution in [0.2, 0.25) is 5.15 Å². The quantitative estimate of drug-likeness (QED) is 0.620. The second-order valence-electron chi connectivity index (χ2n) is 2.16. The van der Waals surface area contributed by atoms with Crippen molar-refractivity contribution in [2.24, 2.45) is 0 Å². The summed E-state index contributed by atoms with van der Waals surface area (Å²) in [6.45, 7) is 0.536. The van der Waals surface area contributed by atoms with E-state index in [4.69, 9.17) is 21.6 Å². The van der Waals surface area contributed by atoms with Crippen LogP contribution in [-0.4, -0.2) is 16.9 Å². The maximum Gasteiger partial charge on any atom is 0.147 e. The maximum atomic E-state index is 8.63. The zero-order chi connectivity index (χ0) is 9.68. The highest BCUT2D eigenvalue weighted by Gasteiger charge is 2.02. The van der Waals surface area contributed by atoms with Gasteiger partial charge in [-0.25, -0.2) is 4.98 Å². The topological polar surface area (TPSA) is 45.9 Å². The SMILES string of the molecule is N#Cc1cc(OCCBr)cnc1Cl. The first-order chi connectivity index (χ1) is 6.27. The maximum absolute atomic E-state index is 8.63. The van der Waals surface area contributed by atoms with Crippen LogP contribution in [-0.2, 0) is 0 Å². The van der Waals surface area contributed by atoms with Gasteiger partial charge in [0, 0.05) is 11.4 Å². The Hall–Kier alpha value is -0.790. The number of alkyl halides is 1. The van der Waals surface area contributed by atoms with E-state index < -0.39 is 0 Å². The van der Waals surface area contributed by atoms with Crippen molar-refractivity contribution in [3.8, 4) is 11.8 Å². The summed E-state index contributed by atoms with van der Waals surface area (Å²) in [5.41, 5.74) is 0.328. The highest BCUT2D eigenvalue weighted by atomic mass is 79.9. The van der Waals surface area contributed by atoms with Gasteiger partial charge in [0.05, 0.1) is 18.4 Å². The van der Waals surface area contributed by atoms with Crippen molar-refractivity contribution in [1.29, 1.82) is 5.26 Å². The molecule has 13 heavy (non-hydrogen) atoms. The second-order valence-corrected chi connectivity index (χ2v) is 3.31. The molecule has 0 spiro atoms. The summed E-state index contributed by atoms with van der Waals surface area (Å²) >= 11 is 8.85. The van der Waals surface area contributed by atoms with Crippen molar-refractivity contribution in [2.45, 2.75) is 0 Å². The molecule has 1 heterocycles. The van der Waals surface area contributed by atoms with Crippen LogP contribution in [0.15, 0.2) is 12.3 Å². The van der Waals surface area contributed by atoms with Gasteiger partial charge in [-0.2, -0.15) is 5.26 Å². The molecule has 0 N–H and O–H groups in total. The van der Waals surface area contributed by atoms with Gasteiger partial charge in [-0.05, 0) is 0 Å². The van der Waals surface area contributed by atoms with Crippen molar-refractivity contribution >= 4 is 27.5 Å². The standard InChI is InChI=1S/C8H6BrClN2O/c9-1-2-13-7-3-6(4-11)8(10)12-5-7/h3,5H,1-2H2. The van der Waals surface area contributed by atoms with Gasteiger partial charge in [0.1, 0.15) is 17.0 Å². The highest BCUT2D eigenvalue weighted by Crippen LogP contribution is 2.17. The monoisotopic (exact) mass is 260 g/mol. The van der Waals surface area contributed by atoms with E-state index >= 15 is 0 Å². The Labute approximate surface area is 89.4 Å². The van der Waals surface area contributed by atoms with Gasteiger partial charge in [-0.15, -0.1) is 0 Å². The molecule has 0 atom stereocenters. The van der Waals surface area contributed by atoms with E-state index in [1.54, 1.807) is 6.07 Å². The predicted molar refractivity (Wildman–Crippen MR) is 53.3 cm³/mol. The van der Waals surface area contributed by atoms with Crippen LogP contribution in [0.4, 0.5) is 0 Å². The molecule has 0 bridgehead atoms. The van der Waals surface area contributed by atoms with Gasteiger partial charge in [-0.3, -0.25) is 0 Å². The fourth-order valence-corrected chi connectivity index (χ4v) is 1.05. The fraction of sp³-hybridized carbons (Fsp3) is 0.250. The second kappa shape index (κ2) is 5.05. The number of hydrogen-bond donors (Lipinski definition) is 0. The highest BCUT2D eigenvalue weighted by molar-refractivity contribution is 9.09. The molecule has 0 saturated heterocycles. The molecule has 0 aliphatic heterocycles. The number of ether oxygens (including phenoxy) is 1. The summed E-state index contributed by atoms with van der Waals surface area (Å²) in [5.74, 6) is 0.556. The van der Waals surface area contributed by atoms with Crippen LogP contribution in [0.3, 0.4) is 0 Å². The Morgan fingerprint density at radius 2 is 2.46 bits per heavy atom. The Kier molecular flexibility index (Phi) is 4.00. The number of halogens is 2. The third kappa shape index (κ3) is 2.87. The molecule has 0 fully saturated rings. The van der Waals surface area contributed by atoms with Crippen LogP contribution < -0.4 is 4.74 Å². The Morgan fingerprint density at radius 1 is 1.69 bits per heavy atom. The molecule has 68 valence electrons. The minimum atomic E-state index is 0.202. The largest absolute Gasteiger partial charge is 0.491 e. The van der Waals surface area contributed by atoms with E-state index in [0.29, 0.717) is 17.9 Å². The molecular formula is C8H6BrClN2O. The average Bonchev–Trinajstić information content (AvgIpc) is 2.16. The van der Waals surface area contributed by atoms with Crippen molar-refractivity contribution in [1.82, 2.24) is 4.98 Å². The van der Waals surface area contributed by atoms with Crippen molar-refractivity contribution in [2.75, 3.05) is 11.9 Å². The molecule has 0 amide bonds. The van der Waals surface area contributed by atoms with Gasteiger partial charge in [0.25, 0.3) is 0 Å². The van der Waals surface area contributed by atoms with E-state index in [1.807, 2.05) is 6.07 Å². The minimum absolute atomic E-state index is 0.202. The normalized spacial score (nSPS) is 9.31. The minimum Gasteiger partial charge on any atom is -0.491 e. The van der Waals surface area contributed by atoms with E-state index in [9.17, 15) is 0 Å². The van der Waals surface area contributed by atoms with Gasteiger partial charge in [0.15, 0.2) is 0 Å². The number of pyridine rings is 1. The first kappa shape index (κ1) is 10.3. The first-order valence-electron chi connectivity index (χ1n) is 3.52. The third-order valence-electron chi connectivity index (χ3n) is 1.28. The summed E-state index contributed by atoms with van der Waals surface area (Å²) in [6.07, 6.45) is 1.49.